The average Bonchev–Trinajstić information content (AvgIpc) is 2.35. The third-order valence-corrected chi connectivity index (χ3v) is 3.62. The zero-order valence-electron chi connectivity index (χ0n) is 10.5. The lowest BCUT2D eigenvalue weighted by molar-refractivity contribution is 0.593. The molecule has 0 aliphatic carbocycles. The molecule has 92 valence electrons. The summed E-state index contributed by atoms with van der Waals surface area (Å²) in [5.74, 6) is 0. The summed E-state index contributed by atoms with van der Waals surface area (Å²) >= 11 is 0. The first-order valence-electron chi connectivity index (χ1n) is 5.78. The quantitative estimate of drug-likeness (QED) is 0.795. The summed E-state index contributed by atoms with van der Waals surface area (Å²) in [6, 6.07) is 15.6. The Balaban J connectivity index is 2.06. The van der Waals surface area contributed by atoms with E-state index in [1.54, 1.807) is 0 Å². The molecule has 2 N–H and O–H groups in total. The number of rotatable bonds is 4. The van der Waals surface area contributed by atoms with E-state index < -0.39 is 8.10 Å². The summed E-state index contributed by atoms with van der Waals surface area (Å²) < 4.78 is 12.0. The molecule has 2 aromatic rings. The van der Waals surface area contributed by atoms with Gasteiger partial charge in [-0.1, -0.05) is 36.4 Å². The number of nitrogens with one attached hydrogen (secondary N) is 2. The maximum atomic E-state index is 12.0. The molecule has 4 heteroatoms. The van der Waals surface area contributed by atoms with Gasteiger partial charge in [0, 0.05) is 0 Å². The van der Waals surface area contributed by atoms with Crippen molar-refractivity contribution in [1.82, 2.24) is 0 Å². The van der Waals surface area contributed by atoms with E-state index in [1.807, 2.05) is 62.4 Å². The van der Waals surface area contributed by atoms with Crippen LogP contribution >= 0.6 is 8.10 Å². The van der Waals surface area contributed by atoms with Crippen molar-refractivity contribution in [2.45, 2.75) is 13.8 Å². The Morgan fingerprint density at radius 2 is 1.17 bits per heavy atom. The fourth-order valence-corrected chi connectivity index (χ4v) is 2.64. The van der Waals surface area contributed by atoms with Crippen molar-refractivity contribution in [1.29, 1.82) is 0 Å². The minimum absolute atomic E-state index is 0.889. The largest absolute Gasteiger partial charge is 0.590 e. The van der Waals surface area contributed by atoms with Gasteiger partial charge in [-0.25, -0.2) is 0 Å². The fourth-order valence-electron chi connectivity index (χ4n) is 1.64. The molecular weight excluding hydrogens is 243 g/mol. The summed E-state index contributed by atoms with van der Waals surface area (Å²) in [6.07, 6.45) is 0. The van der Waals surface area contributed by atoms with Crippen LogP contribution in [-0.2, 0) is 4.57 Å². The molecule has 0 atom stereocenters. The maximum Gasteiger partial charge on any atom is 0.590 e. The van der Waals surface area contributed by atoms with Gasteiger partial charge >= 0.3 is 8.10 Å². The van der Waals surface area contributed by atoms with Gasteiger partial charge < -0.3 is 0 Å². The van der Waals surface area contributed by atoms with E-state index in [-0.39, 0.29) is 0 Å². The Morgan fingerprint density at radius 3 is 1.56 bits per heavy atom. The molecule has 0 saturated heterocycles. The fraction of sp³-hybridized carbons (Fsp3) is 0.143. The molecule has 0 saturated carbocycles. The van der Waals surface area contributed by atoms with Crippen LogP contribution in [0.3, 0.4) is 0 Å². The van der Waals surface area contributed by atoms with Crippen LogP contribution < -0.4 is 10.2 Å². The smallest absolute Gasteiger partial charge is 0.157 e. The Morgan fingerprint density at radius 1 is 0.778 bits per heavy atom. The van der Waals surface area contributed by atoms with Crippen molar-refractivity contribution < 1.29 is 4.57 Å². The summed E-state index contributed by atoms with van der Waals surface area (Å²) in [4.78, 5) is 0. The van der Waals surface area contributed by atoms with E-state index >= 15 is 0 Å². The predicted molar refractivity (Wildman–Crippen MR) is 77.2 cm³/mol. The molecule has 0 amide bonds. The van der Waals surface area contributed by atoms with E-state index in [9.17, 15) is 4.57 Å². The average molecular weight is 259 g/mol. The second-order valence-corrected chi connectivity index (χ2v) is 5.18. The van der Waals surface area contributed by atoms with E-state index in [2.05, 4.69) is 10.2 Å². The van der Waals surface area contributed by atoms with Gasteiger partial charge in [0.2, 0.25) is 0 Å². The first-order chi connectivity index (χ1) is 8.66. The first-order valence-corrected chi connectivity index (χ1v) is 7.04. The molecule has 0 bridgehead atoms. The standard InChI is InChI=1S/C14H16N2OP/c1-11-7-3-5-9-13(11)15-18(17)16-14-10-6-4-8-12(14)2/h3-10H,1-2H3,(H2,15,16,17)/q+1. The highest BCUT2D eigenvalue weighted by atomic mass is 31.1. The number of benzene rings is 2. The number of hydrogen-bond donors (Lipinski definition) is 2. The lowest BCUT2D eigenvalue weighted by atomic mass is 10.2. The van der Waals surface area contributed by atoms with Gasteiger partial charge in [-0.05, 0) is 41.7 Å². The molecule has 0 aromatic heterocycles. The van der Waals surface area contributed by atoms with Crippen LogP contribution in [0.15, 0.2) is 48.5 Å². The molecule has 0 aliphatic heterocycles. The van der Waals surface area contributed by atoms with E-state index in [0.717, 1.165) is 22.5 Å². The van der Waals surface area contributed by atoms with E-state index in [4.69, 9.17) is 0 Å². The molecule has 0 aliphatic rings. The zero-order chi connectivity index (χ0) is 13.0. The van der Waals surface area contributed by atoms with Crippen molar-refractivity contribution in [3.05, 3.63) is 59.7 Å². The van der Waals surface area contributed by atoms with Gasteiger partial charge in [-0.2, -0.15) is 10.2 Å². The van der Waals surface area contributed by atoms with Crippen LogP contribution in [0.1, 0.15) is 11.1 Å². The summed E-state index contributed by atoms with van der Waals surface area (Å²) in [6.45, 7) is 3.97. The highest BCUT2D eigenvalue weighted by molar-refractivity contribution is 7.48. The topological polar surface area (TPSA) is 41.1 Å². The lowest BCUT2D eigenvalue weighted by Gasteiger charge is -2.02. The van der Waals surface area contributed by atoms with Crippen molar-refractivity contribution in [2.75, 3.05) is 10.2 Å². The van der Waals surface area contributed by atoms with Crippen molar-refractivity contribution in [3.63, 3.8) is 0 Å². The molecular formula is C14H16N2OP+. The minimum Gasteiger partial charge on any atom is -0.157 e. The van der Waals surface area contributed by atoms with Crippen molar-refractivity contribution >= 4 is 19.5 Å². The predicted octanol–water partition coefficient (Wildman–Crippen LogP) is 4.48. The van der Waals surface area contributed by atoms with Gasteiger partial charge in [0.15, 0.2) is 0 Å². The normalized spacial score (nSPS) is 9.89. The Kier molecular flexibility index (Phi) is 3.96. The first kappa shape index (κ1) is 12.6. The molecule has 3 nitrogen and oxygen atoms in total. The van der Waals surface area contributed by atoms with Gasteiger partial charge in [0.05, 0.1) is 11.4 Å². The summed E-state index contributed by atoms with van der Waals surface area (Å²) in [5, 5.41) is 5.97. The van der Waals surface area contributed by atoms with Gasteiger partial charge in [-0.3, -0.25) is 0 Å². The van der Waals surface area contributed by atoms with Crippen LogP contribution in [0.4, 0.5) is 11.4 Å². The second-order valence-electron chi connectivity index (χ2n) is 4.15. The number of para-hydroxylation sites is 2. The molecule has 18 heavy (non-hydrogen) atoms. The third-order valence-electron chi connectivity index (χ3n) is 2.73. The molecule has 0 radical (unpaired) electrons. The Bertz CT molecular complexity index is 520. The highest BCUT2D eigenvalue weighted by Gasteiger charge is 2.17. The second kappa shape index (κ2) is 5.65. The Labute approximate surface area is 108 Å². The molecule has 2 rings (SSSR count). The molecule has 0 fully saturated rings. The number of anilines is 2. The van der Waals surface area contributed by atoms with Crippen LogP contribution in [-0.4, -0.2) is 0 Å². The van der Waals surface area contributed by atoms with Crippen LogP contribution in [0.5, 0.6) is 0 Å². The van der Waals surface area contributed by atoms with Crippen molar-refractivity contribution in [2.24, 2.45) is 0 Å². The van der Waals surface area contributed by atoms with Gasteiger partial charge in [0.25, 0.3) is 0 Å². The monoisotopic (exact) mass is 259 g/mol. The van der Waals surface area contributed by atoms with Crippen LogP contribution in [0.25, 0.3) is 0 Å². The molecule has 0 spiro atoms. The third kappa shape index (κ3) is 3.08. The zero-order valence-corrected chi connectivity index (χ0v) is 11.4. The van der Waals surface area contributed by atoms with Crippen molar-refractivity contribution in [3.8, 4) is 0 Å². The minimum atomic E-state index is -1.72. The van der Waals surface area contributed by atoms with Crippen LogP contribution in [0, 0.1) is 13.8 Å². The number of hydrogen-bond acceptors (Lipinski definition) is 1. The van der Waals surface area contributed by atoms with E-state index in [1.165, 1.54) is 0 Å². The molecule has 0 unspecified atom stereocenters. The summed E-state index contributed by atoms with van der Waals surface area (Å²) in [5.41, 5.74) is 3.93. The highest BCUT2D eigenvalue weighted by Crippen LogP contribution is 2.29. The molecule has 2 aromatic carbocycles. The van der Waals surface area contributed by atoms with Gasteiger partial charge in [-0.15, -0.1) is 0 Å². The van der Waals surface area contributed by atoms with Gasteiger partial charge in [0.1, 0.15) is 0 Å². The lowest BCUT2D eigenvalue weighted by Crippen LogP contribution is -1.97. The summed E-state index contributed by atoms with van der Waals surface area (Å²) in [7, 11) is -1.72. The Hall–Kier alpha value is -1.86. The number of aryl methyl sites for hydroxylation is 2. The van der Waals surface area contributed by atoms with Crippen LogP contribution in [0.2, 0.25) is 0 Å². The SMILES string of the molecule is Cc1ccccc1N[P+](=O)Nc1ccccc1C. The maximum absolute atomic E-state index is 12.0. The van der Waals surface area contributed by atoms with E-state index in [0.29, 0.717) is 0 Å². The molecule has 0 heterocycles.